The number of carbonyl (C=O) groups is 3. The van der Waals surface area contributed by atoms with Crippen LogP contribution in [0.1, 0.15) is 348 Å². The van der Waals surface area contributed by atoms with E-state index < -0.39 is 6.10 Å². The van der Waals surface area contributed by atoms with Crippen molar-refractivity contribution in [1.29, 1.82) is 0 Å². The van der Waals surface area contributed by atoms with Gasteiger partial charge in [0.1, 0.15) is 13.2 Å². The molecule has 0 saturated heterocycles. The monoisotopic (exact) mass is 1140 g/mol. The van der Waals surface area contributed by atoms with Gasteiger partial charge in [0.05, 0.1) is 0 Å². The first-order chi connectivity index (χ1) is 40.5. The molecule has 0 heterocycles. The molecule has 0 saturated carbocycles. The van der Waals surface area contributed by atoms with E-state index in [1.54, 1.807) is 0 Å². The summed E-state index contributed by atoms with van der Waals surface area (Å²) < 4.78 is 17.0. The zero-order valence-corrected chi connectivity index (χ0v) is 54.2. The first-order valence-corrected chi connectivity index (χ1v) is 35.2. The van der Waals surface area contributed by atoms with Gasteiger partial charge in [-0.2, -0.15) is 0 Å². The second kappa shape index (κ2) is 69.8. The summed E-state index contributed by atoms with van der Waals surface area (Å²) in [4.78, 5) is 38.5. The average molecular weight is 1140 g/mol. The van der Waals surface area contributed by atoms with Gasteiger partial charge in [-0.3, -0.25) is 14.4 Å². The smallest absolute Gasteiger partial charge is 0.306 e. The van der Waals surface area contributed by atoms with Gasteiger partial charge in [0, 0.05) is 19.3 Å². The number of hydrogen-bond acceptors (Lipinski definition) is 6. The maximum Gasteiger partial charge on any atom is 0.306 e. The number of ether oxygens (including phenoxy) is 3. The van der Waals surface area contributed by atoms with Crippen LogP contribution < -0.4 is 0 Å². The van der Waals surface area contributed by atoms with Crippen LogP contribution in [0.15, 0.2) is 97.2 Å². The summed E-state index contributed by atoms with van der Waals surface area (Å²) in [6.07, 6.45) is 94.2. The van der Waals surface area contributed by atoms with E-state index in [1.807, 2.05) is 0 Å². The highest BCUT2D eigenvalue weighted by atomic mass is 16.6. The largest absolute Gasteiger partial charge is 0.462 e. The molecule has 1 atom stereocenters. The van der Waals surface area contributed by atoms with Crippen LogP contribution in [0.5, 0.6) is 0 Å². The summed E-state index contributed by atoms with van der Waals surface area (Å²) >= 11 is 0. The summed E-state index contributed by atoms with van der Waals surface area (Å²) in [7, 11) is 0. The number of rotatable bonds is 64. The lowest BCUT2D eigenvalue weighted by Crippen LogP contribution is -2.30. The fraction of sp³-hybridized carbons (Fsp3) is 0.750. The molecule has 0 fully saturated rings. The van der Waals surface area contributed by atoms with E-state index in [1.165, 1.54) is 193 Å². The topological polar surface area (TPSA) is 78.9 Å². The Morgan fingerprint density at radius 2 is 0.476 bits per heavy atom. The Kier molecular flexibility index (Phi) is 66.7. The van der Waals surface area contributed by atoms with Gasteiger partial charge >= 0.3 is 17.9 Å². The zero-order chi connectivity index (χ0) is 59.2. The lowest BCUT2D eigenvalue weighted by Gasteiger charge is -2.18. The third-order valence-electron chi connectivity index (χ3n) is 15.3. The van der Waals surface area contributed by atoms with E-state index in [2.05, 4.69) is 118 Å². The van der Waals surface area contributed by atoms with Gasteiger partial charge in [-0.05, 0) is 122 Å². The number of allylic oxidation sites excluding steroid dienone is 16. The molecular weight excluding hydrogens is 1010 g/mol. The van der Waals surface area contributed by atoms with E-state index in [0.29, 0.717) is 19.3 Å². The van der Waals surface area contributed by atoms with E-state index in [4.69, 9.17) is 14.2 Å². The van der Waals surface area contributed by atoms with Crippen molar-refractivity contribution in [2.75, 3.05) is 13.2 Å². The molecule has 0 aliphatic carbocycles. The molecule has 0 aromatic heterocycles. The van der Waals surface area contributed by atoms with Crippen molar-refractivity contribution in [3.8, 4) is 0 Å². The van der Waals surface area contributed by atoms with Crippen molar-refractivity contribution >= 4 is 17.9 Å². The van der Waals surface area contributed by atoms with Crippen LogP contribution in [-0.2, 0) is 28.6 Å². The number of hydrogen-bond donors (Lipinski definition) is 0. The van der Waals surface area contributed by atoms with Crippen LogP contribution in [0.2, 0.25) is 0 Å². The Labute approximate surface area is 508 Å². The van der Waals surface area contributed by atoms with Crippen molar-refractivity contribution in [3.63, 3.8) is 0 Å². The summed E-state index contributed by atoms with van der Waals surface area (Å²) in [6.45, 7) is 6.54. The normalized spacial score (nSPS) is 12.7. The molecule has 0 aliphatic rings. The molecule has 0 N–H and O–H groups in total. The number of esters is 3. The third kappa shape index (κ3) is 67.1. The number of unbranched alkanes of at least 4 members (excludes halogenated alkanes) is 37. The SMILES string of the molecule is CC/C=C\C/C=C\C/C=C\C/C=C\CCCCCCCCCCCCCCCCC(=O)OCC(COC(=O)CCCCCCC/C=C\CCCCCCCCC)OC(=O)CCCCCCCC/C=C\C/C=C\C/C=C\CCCCCCC. The van der Waals surface area contributed by atoms with Crippen LogP contribution in [-0.4, -0.2) is 37.2 Å². The second-order valence-electron chi connectivity index (χ2n) is 23.4. The molecule has 0 bridgehead atoms. The lowest BCUT2D eigenvalue weighted by atomic mass is 10.0. The first-order valence-electron chi connectivity index (χ1n) is 35.2. The molecule has 6 heteroatoms. The zero-order valence-electron chi connectivity index (χ0n) is 54.2. The summed E-state index contributed by atoms with van der Waals surface area (Å²) in [6, 6.07) is 0. The molecule has 0 spiro atoms. The van der Waals surface area contributed by atoms with Crippen molar-refractivity contribution in [1.82, 2.24) is 0 Å². The van der Waals surface area contributed by atoms with Crippen LogP contribution >= 0.6 is 0 Å². The van der Waals surface area contributed by atoms with Crippen molar-refractivity contribution in [3.05, 3.63) is 97.2 Å². The predicted octanol–water partition coefficient (Wildman–Crippen LogP) is 24.4. The summed E-state index contributed by atoms with van der Waals surface area (Å²) in [5.41, 5.74) is 0. The Hall–Kier alpha value is -3.67. The second-order valence-corrected chi connectivity index (χ2v) is 23.4. The minimum absolute atomic E-state index is 0.0839. The van der Waals surface area contributed by atoms with E-state index in [9.17, 15) is 14.4 Å². The predicted molar refractivity (Wildman–Crippen MR) is 357 cm³/mol. The van der Waals surface area contributed by atoms with Gasteiger partial charge in [0.15, 0.2) is 6.10 Å². The molecule has 82 heavy (non-hydrogen) atoms. The van der Waals surface area contributed by atoms with Gasteiger partial charge in [0.2, 0.25) is 0 Å². The highest BCUT2D eigenvalue weighted by molar-refractivity contribution is 5.71. The summed E-state index contributed by atoms with van der Waals surface area (Å²) in [5.74, 6) is -0.890. The molecule has 0 aromatic rings. The molecule has 1 unspecified atom stereocenters. The minimum atomic E-state index is -0.790. The van der Waals surface area contributed by atoms with Crippen molar-refractivity contribution in [2.45, 2.75) is 354 Å². The quantitative estimate of drug-likeness (QED) is 0.0261. The maximum atomic E-state index is 13.0. The highest BCUT2D eigenvalue weighted by Crippen LogP contribution is 2.17. The highest BCUT2D eigenvalue weighted by Gasteiger charge is 2.19. The molecule has 6 nitrogen and oxygen atoms in total. The van der Waals surface area contributed by atoms with E-state index >= 15 is 0 Å². The Balaban J connectivity index is 4.35. The van der Waals surface area contributed by atoms with Gasteiger partial charge in [-0.1, -0.05) is 304 Å². The summed E-state index contributed by atoms with van der Waals surface area (Å²) in [5, 5.41) is 0. The van der Waals surface area contributed by atoms with Crippen LogP contribution in [0.25, 0.3) is 0 Å². The minimum Gasteiger partial charge on any atom is -0.462 e. The average Bonchev–Trinajstić information content (AvgIpc) is 3.47. The molecule has 0 aromatic carbocycles. The van der Waals surface area contributed by atoms with E-state index in [-0.39, 0.29) is 31.1 Å². The Bertz CT molecular complexity index is 1590. The lowest BCUT2D eigenvalue weighted by molar-refractivity contribution is -0.167. The first kappa shape index (κ1) is 78.3. The maximum absolute atomic E-state index is 13.0. The standard InChI is InChI=1S/C76H132O6/c1-4-7-10-13-16-19-22-25-28-31-33-35-36-37-38-39-40-42-43-45-48-51-54-57-60-63-66-69-75(78)81-72-73(71-80-74(77)68-65-62-59-56-53-50-47-30-27-24-21-18-15-12-9-6-3)82-76(79)70-67-64-61-58-55-52-49-46-44-41-34-32-29-26-23-20-17-14-11-8-5-2/h7,10,16,19,23,25-26,28,30,32-35,44,46-47,73H,4-6,8-9,11-15,17-18,20-22,24,27,29,31,36-43,45,48-72H2,1-3H3/b10-7-,19-16-,26-23-,28-25-,34-32-,35-33-,46-44-,47-30-. The van der Waals surface area contributed by atoms with Gasteiger partial charge in [0.25, 0.3) is 0 Å². The van der Waals surface area contributed by atoms with Crippen molar-refractivity contribution < 1.29 is 28.6 Å². The molecule has 0 radical (unpaired) electrons. The number of carbonyl (C=O) groups excluding carboxylic acids is 3. The van der Waals surface area contributed by atoms with Crippen LogP contribution in [0, 0.1) is 0 Å². The third-order valence-corrected chi connectivity index (χ3v) is 15.3. The van der Waals surface area contributed by atoms with Crippen LogP contribution in [0.3, 0.4) is 0 Å². The fourth-order valence-electron chi connectivity index (χ4n) is 10.0. The van der Waals surface area contributed by atoms with Gasteiger partial charge < -0.3 is 14.2 Å². The Morgan fingerprint density at radius 1 is 0.256 bits per heavy atom. The molecule has 472 valence electrons. The van der Waals surface area contributed by atoms with Crippen LogP contribution in [0.4, 0.5) is 0 Å². The van der Waals surface area contributed by atoms with Gasteiger partial charge in [-0.15, -0.1) is 0 Å². The van der Waals surface area contributed by atoms with E-state index in [0.717, 1.165) is 116 Å². The molecule has 0 amide bonds. The molecular formula is C76H132O6. The molecule has 0 aliphatic heterocycles. The van der Waals surface area contributed by atoms with Gasteiger partial charge in [-0.25, -0.2) is 0 Å². The van der Waals surface area contributed by atoms with Crippen molar-refractivity contribution in [2.24, 2.45) is 0 Å². The Morgan fingerprint density at radius 3 is 0.756 bits per heavy atom. The fourth-order valence-corrected chi connectivity index (χ4v) is 10.0. The molecule has 0 rings (SSSR count).